The van der Waals surface area contributed by atoms with Crippen molar-refractivity contribution in [3.05, 3.63) is 40.9 Å². The van der Waals surface area contributed by atoms with Gasteiger partial charge in [-0.05, 0) is 40.2 Å². The van der Waals surface area contributed by atoms with E-state index in [1.54, 1.807) is 4.68 Å². The maximum atomic E-state index is 10.9. The predicted octanol–water partition coefficient (Wildman–Crippen LogP) is 2.53. The van der Waals surface area contributed by atoms with Crippen molar-refractivity contribution >= 4 is 29.1 Å². The summed E-state index contributed by atoms with van der Waals surface area (Å²) in [5.74, 6) is -0.986. The molecule has 0 aliphatic carbocycles. The summed E-state index contributed by atoms with van der Waals surface area (Å²) >= 11 is 2.34. The van der Waals surface area contributed by atoms with E-state index in [4.69, 9.17) is 5.11 Å². The number of carbonyl (C=O) groups is 1. The van der Waals surface area contributed by atoms with Crippen LogP contribution in [-0.2, 0) is 6.42 Å². The van der Waals surface area contributed by atoms with Crippen molar-refractivity contribution in [1.29, 1.82) is 0 Å². The highest BCUT2D eigenvalue weighted by atomic mass is 32.2. The van der Waals surface area contributed by atoms with Gasteiger partial charge in [0.15, 0.2) is 4.34 Å². The second kappa shape index (κ2) is 6.24. The maximum absolute atomic E-state index is 10.9. The molecule has 2 aromatic heterocycles. The van der Waals surface area contributed by atoms with Crippen LogP contribution in [-0.4, -0.2) is 36.3 Å². The summed E-state index contributed by atoms with van der Waals surface area (Å²) in [6.45, 7) is 2.07. The van der Waals surface area contributed by atoms with E-state index in [1.165, 1.54) is 18.0 Å². The molecule has 2 heterocycles. The SMILES string of the molecule is CCc1ccccc1-n1nnnc1Sc1ncc(C(=O)O)s1. The normalized spacial score (nSPS) is 10.8. The summed E-state index contributed by atoms with van der Waals surface area (Å²) in [6.07, 6.45) is 2.20. The smallest absolute Gasteiger partial charge is 0.347 e. The average molecular weight is 333 g/mol. The van der Waals surface area contributed by atoms with Gasteiger partial charge in [-0.25, -0.2) is 9.78 Å². The number of rotatable bonds is 5. The van der Waals surface area contributed by atoms with Gasteiger partial charge >= 0.3 is 5.97 Å². The molecule has 1 N–H and O–H groups in total. The number of para-hydroxylation sites is 1. The Hall–Kier alpha value is -2.26. The molecule has 0 bridgehead atoms. The fourth-order valence-corrected chi connectivity index (χ4v) is 3.60. The number of aromatic carboxylic acids is 1. The number of hydrogen-bond donors (Lipinski definition) is 1. The van der Waals surface area contributed by atoms with Gasteiger partial charge in [0.2, 0.25) is 5.16 Å². The molecule has 0 saturated carbocycles. The van der Waals surface area contributed by atoms with Gasteiger partial charge in [-0.2, -0.15) is 4.68 Å². The summed E-state index contributed by atoms with van der Waals surface area (Å²) < 4.78 is 2.23. The molecule has 0 aliphatic heterocycles. The van der Waals surface area contributed by atoms with Gasteiger partial charge in [0, 0.05) is 0 Å². The lowest BCUT2D eigenvalue weighted by molar-refractivity contribution is 0.0702. The van der Waals surface area contributed by atoms with Crippen molar-refractivity contribution in [2.24, 2.45) is 0 Å². The van der Waals surface area contributed by atoms with Crippen LogP contribution in [0.4, 0.5) is 0 Å². The van der Waals surface area contributed by atoms with E-state index in [-0.39, 0.29) is 4.88 Å². The summed E-state index contributed by atoms with van der Waals surface area (Å²) in [6, 6.07) is 7.87. The second-order valence-electron chi connectivity index (χ2n) is 4.25. The molecule has 9 heteroatoms. The fourth-order valence-electron chi connectivity index (χ4n) is 1.89. The largest absolute Gasteiger partial charge is 0.477 e. The van der Waals surface area contributed by atoms with Crippen LogP contribution < -0.4 is 0 Å². The van der Waals surface area contributed by atoms with Gasteiger partial charge in [0.1, 0.15) is 4.88 Å². The summed E-state index contributed by atoms with van der Waals surface area (Å²) in [5.41, 5.74) is 2.04. The van der Waals surface area contributed by atoms with Crippen molar-refractivity contribution in [2.75, 3.05) is 0 Å². The van der Waals surface area contributed by atoms with Crippen molar-refractivity contribution < 1.29 is 9.90 Å². The molecule has 0 aliphatic rings. The van der Waals surface area contributed by atoms with Crippen molar-refractivity contribution in [2.45, 2.75) is 22.8 Å². The summed E-state index contributed by atoms with van der Waals surface area (Å²) in [4.78, 5) is 15.2. The highest BCUT2D eigenvalue weighted by molar-refractivity contribution is 8.00. The van der Waals surface area contributed by atoms with Crippen LogP contribution in [0.1, 0.15) is 22.2 Å². The first-order valence-electron chi connectivity index (χ1n) is 6.42. The lowest BCUT2D eigenvalue weighted by Gasteiger charge is -2.07. The van der Waals surface area contributed by atoms with Crippen molar-refractivity contribution in [3.8, 4) is 5.69 Å². The van der Waals surface area contributed by atoms with Crippen LogP contribution >= 0.6 is 23.1 Å². The predicted molar refractivity (Wildman–Crippen MR) is 81.7 cm³/mol. The Labute approximate surface area is 134 Å². The van der Waals surface area contributed by atoms with E-state index >= 15 is 0 Å². The number of aryl methyl sites for hydroxylation is 1. The van der Waals surface area contributed by atoms with Crippen LogP contribution in [0.15, 0.2) is 40.0 Å². The number of benzene rings is 1. The number of tetrazole rings is 1. The molecule has 22 heavy (non-hydrogen) atoms. The standard InChI is InChI=1S/C13H11N5O2S2/c1-2-8-5-3-4-6-9(8)18-12(15-16-17-18)22-13-14-7-10(21-13)11(19)20/h3-7H,2H2,1H3,(H,19,20). The molecular weight excluding hydrogens is 322 g/mol. The van der Waals surface area contributed by atoms with Crippen molar-refractivity contribution in [3.63, 3.8) is 0 Å². The number of thiazole rings is 1. The third kappa shape index (κ3) is 2.85. The molecule has 3 aromatic rings. The van der Waals surface area contributed by atoms with E-state index in [9.17, 15) is 4.79 Å². The van der Waals surface area contributed by atoms with E-state index in [0.717, 1.165) is 29.0 Å². The minimum atomic E-state index is -0.986. The minimum Gasteiger partial charge on any atom is -0.477 e. The molecule has 3 rings (SSSR count). The van der Waals surface area contributed by atoms with Crippen LogP contribution in [0.5, 0.6) is 0 Å². The lowest BCUT2D eigenvalue weighted by Crippen LogP contribution is -2.02. The molecule has 0 unspecified atom stereocenters. The third-order valence-corrected chi connectivity index (χ3v) is 4.91. The molecule has 0 radical (unpaired) electrons. The highest BCUT2D eigenvalue weighted by Gasteiger charge is 2.16. The quantitative estimate of drug-likeness (QED) is 0.766. The molecule has 0 amide bonds. The van der Waals surface area contributed by atoms with Crippen LogP contribution in [0.3, 0.4) is 0 Å². The Kier molecular flexibility index (Phi) is 4.16. The monoisotopic (exact) mass is 333 g/mol. The first-order chi connectivity index (χ1) is 10.7. The molecule has 0 atom stereocenters. The Morgan fingerprint density at radius 1 is 1.41 bits per heavy atom. The van der Waals surface area contributed by atoms with Gasteiger partial charge in [-0.1, -0.05) is 25.1 Å². The first-order valence-corrected chi connectivity index (χ1v) is 8.06. The molecule has 1 aromatic carbocycles. The van der Waals surface area contributed by atoms with E-state index in [1.807, 2.05) is 24.3 Å². The zero-order valence-electron chi connectivity index (χ0n) is 11.5. The van der Waals surface area contributed by atoms with E-state index in [0.29, 0.717) is 9.50 Å². The third-order valence-electron chi connectivity index (χ3n) is 2.92. The Bertz CT molecular complexity index is 814. The first kappa shape index (κ1) is 14.7. The lowest BCUT2D eigenvalue weighted by atomic mass is 10.1. The Morgan fingerprint density at radius 3 is 2.95 bits per heavy atom. The second-order valence-corrected chi connectivity index (χ2v) is 6.50. The van der Waals surface area contributed by atoms with Crippen LogP contribution in [0.2, 0.25) is 0 Å². The summed E-state index contributed by atoms with van der Waals surface area (Å²) in [5, 5.41) is 21.2. The zero-order chi connectivity index (χ0) is 15.5. The van der Waals surface area contributed by atoms with Gasteiger partial charge in [-0.3, -0.25) is 0 Å². The maximum Gasteiger partial charge on any atom is 0.347 e. The van der Waals surface area contributed by atoms with E-state index in [2.05, 4.69) is 27.4 Å². The van der Waals surface area contributed by atoms with Crippen LogP contribution in [0, 0.1) is 0 Å². The molecule has 112 valence electrons. The number of carboxylic acid groups (broad SMARTS) is 1. The molecule has 0 spiro atoms. The number of carboxylic acids is 1. The van der Waals surface area contributed by atoms with Gasteiger partial charge in [0.25, 0.3) is 0 Å². The van der Waals surface area contributed by atoms with Gasteiger partial charge < -0.3 is 5.11 Å². The molecular formula is C13H11N5O2S2. The average Bonchev–Trinajstić information content (AvgIpc) is 3.17. The van der Waals surface area contributed by atoms with Gasteiger partial charge in [-0.15, -0.1) is 16.4 Å². The molecule has 0 fully saturated rings. The number of nitrogens with zero attached hydrogens (tertiary/aromatic N) is 5. The Balaban J connectivity index is 1.93. The highest BCUT2D eigenvalue weighted by Crippen LogP contribution is 2.31. The summed E-state index contributed by atoms with van der Waals surface area (Å²) in [7, 11) is 0. The van der Waals surface area contributed by atoms with Gasteiger partial charge in [0.05, 0.1) is 11.9 Å². The minimum absolute atomic E-state index is 0.190. The fraction of sp³-hybridized carbons (Fsp3) is 0.154. The Morgan fingerprint density at radius 2 is 2.23 bits per heavy atom. The number of hydrogen-bond acceptors (Lipinski definition) is 7. The van der Waals surface area contributed by atoms with E-state index < -0.39 is 5.97 Å². The molecule has 0 saturated heterocycles. The van der Waals surface area contributed by atoms with Crippen molar-refractivity contribution in [1.82, 2.24) is 25.2 Å². The molecule has 7 nitrogen and oxygen atoms in total. The van der Waals surface area contributed by atoms with Crippen LogP contribution in [0.25, 0.3) is 5.69 Å². The zero-order valence-corrected chi connectivity index (χ0v) is 13.1. The topological polar surface area (TPSA) is 93.8 Å². The number of aromatic nitrogens is 5.